The zero-order chi connectivity index (χ0) is 19.6. The lowest BCUT2D eigenvalue weighted by molar-refractivity contribution is -0.158. The summed E-state index contributed by atoms with van der Waals surface area (Å²) in [5, 5.41) is 8.55. The maximum absolute atomic E-state index is 11.2. The van der Waals surface area contributed by atoms with E-state index >= 15 is 0 Å². The second-order valence-electron chi connectivity index (χ2n) is 5.13. The maximum atomic E-state index is 11.2. The second-order valence-corrected chi connectivity index (χ2v) is 5.13. The molecule has 1 rings (SSSR count). The minimum absolute atomic E-state index is 0.00484. The average Bonchev–Trinajstić information content (AvgIpc) is 2.70. The first-order valence-electron chi connectivity index (χ1n) is 8.73. The molecule has 0 aromatic heterocycles. The Hall–Kier alpha value is -1.97. The van der Waals surface area contributed by atoms with Crippen molar-refractivity contribution in [2.45, 2.75) is 6.29 Å². The van der Waals surface area contributed by atoms with Crippen LogP contribution in [0.5, 0.6) is 5.75 Å². The van der Waals surface area contributed by atoms with E-state index in [-0.39, 0.29) is 19.8 Å². The van der Waals surface area contributed by atoms with Crippen LogP contribution >= 0.6 is 0 Å². The Bertz CT molecular complexity index is 494. The van der Waals surface area contributed by atoms with Crippen LogP contribution in [0.1, 0.15) is 0 Å². The summed E-state index contributed by atoms with van der Waals surface area (Å²) in [7, 11) is 0. The van der Waals surface area contributed by atoms with Crippen LogP contribution in [-0.4, -0.2) is 76.8 Å². The molecule has 1 unspecified atom stereocenters. The molecule has 0 aliphatic rings. The van der Waals surface area contributed by atoms with Crippen molar-refractivity contribution >= 4 is 5.97 Å². The van der Waals surface area contributed by atoms with E-state index in [0.717, 1.165) is 6.08 Å². The lowest BCUT2D eigenvalue weighted by atomic mass is 10.3. The topological polar surface area (TPSA) is 92.7 Å². The number of rotatable bonds is 17. The maximum Gasteiger partial charge on any atom is 0.330 e. The molecule has 152 valence electrons. The van der Waals surface area contributed by atoms with E-state index in [1.807, 2.05) is 18.2 Å². The van der Waals surface area contributed by atoms with Crippen LogP contribution in [0.2, 0.25) is 0 Å². The Morgan fingerprint density at radius 1 is 0.963 bits per heavy atom. The van der Waals surface area contributed by atoms with Gasteiger partial charge in [-0.25, -0.2) is 4.79 Å². The van der Waals surface area contributed by atoms with Crippen LogP contribution in [0.15, 0.2) is 43.0 Å². The molecular weight excluding hydrogens is 356 g/mol. The third-order valence-corrected chi connectivity index (χ3v) is 3.05. The number of para-hydroxylation sites is 1. The van der Waals surface area contributed by atoms with Crippen molar-refractivity contribution in [1.29, 1.82) is 0 Å². The molecule has 0 saturated carbocycles. The highest BCUT2D eigenvalue weighted by Gasteiger charge is 2.13. The molecule has 0 amide bonds. The minimum Gasteiger partial charge on any atom is -0.461 e. The number of carbonyl (C=O) groups is 1. The lowest BCUT2D eigenvalue weighted by Crippen LogP contribution is -2.29. The highest BCUT2D eigenvalue weighted by atomic mass is 16.7. The Morgan fingerprint density at radius 2 is 1.56 bits per heavy atom. The number of aliphatic hydroxyl groups is 1. The van der Waals surface area contributed by atoms with Gasteiger partial charge in [-0.1, -0.05) is 24.8 Å². The molecular formula is C19H28O8. The smallest absolute Gasteiger partial charge is 0.330 e. The molecule has 8 nitrogen and oxygen atoms in total. The van der Waals surface area contributed by atoms with Gasteiger partial charge in [0.05, 0.1) is 52.9 Å². The second kappa shape index (κ2) is 16.2. The van der Waals surface area contributed by atoms with Crippen molar-refractivity contribution in [3.05, 3.63) is 43.0 Å². The summed E-state index contributed by atoms with van der Waals surface area (Å²) in [6, 6.07) is 9.10. The van der Waals surface area contributed by atoms with Gasteiger partial charge in [-0.15, -0.1) is 0 Å². The summed E-state index contributed by atoms with van der Waals surface area (Å²) < 4.78 is 32.0. The number of aliphatic hydroxyl groups excluding tert-OH is 1. The van der Waals surface area contributed by atoms with Crippen LogP contribution < -0.4 is 4.74 Å². The van der Waals surface area contributed by atoms with E-state index in [0.29, 0.717) is 45.4 Å². The van der Waals surface area contributed by atoms with Gasteiger partial charge in [0, 0.05) is 6.08 Å². The third-order valence-electron chi connectivity index (χ3n) is 3.05. The third kappa shape index (κ3) is 12.9. The first-order chi connectivity index (χ1) is 13.3. The van der Waals surface area contributed by atoms with Gasteiger partial charge in [0.1, 0.15) is 5.75 Å². The molecule has 0 heterocycles. The van der Waals surface area contributed by atoms with E-state index < -0.39 is 12.3 Å². The van der Waals surface area contributed by atoms with Crippen molar-refractivity contribution < 1.29 is 38.3 Å². The number of carbonyl (C=O) groups excluding carboxylic acids is 1. The van der Waals surface area contributed by atoms with E-state index in [2.05, 4.69) is 6.58 Å². The van der Waals surface area contributed by atoms with Crippen LogP contribution in [0.3, 0.4) is 0 Å². The average molecular weight is 384 g/mol. The molecule has 1 aromatic carbocycles. The monoisotopic (exact) mass is 384 g/mol. The number of benzene rings is 1. The highest BCUT2D eigenvalue weighted by Crippen LogP contribution is 2.12. The quantitative estimate of drug-likeness (QED) is 0.185. The van der Waals surface area contributed by atoms with E-state index in [1.54, 1.807) is 12.1 Å². The molecule has 0 bridgehead atoms. The molecule has 8 heteroatoms. The van der Waals surface area contributed by atoms with Gasteiger partial charge in [0.2, 0.25) is 6.29 Å². The summed E-state index contributed by atoms with van der Waals surface area (Å²) in [5.74, 6) is 0.0616. The van der Waals surface area contributed by atoms with Crippen molar-refractivity contribution in [3.63, 3.8) is 0 Å². The molecule has 27 heavy (non-hydrogen) atoms. The van der Waals surface area contributed by atoms with Crippen LogP contribution in [0.4, 0.5) is 0 Å². The molecule has 0 fully saturated rings. The molecule has 0 radical (unpaired) electrons. The first kappa shape index (κ1) is 23.1. The fourth-order valence-corrected chi connectivity index (χ4v) is 1.82. The zero-order valence-corrected chi connectivity index (χ0v) is 15.4. The predicted octanol–water partition coefficient (Wildman–Crippen LogP) is 1.18. The van der Waals surface area contributed by atoms with Gasteiger partial charge < -0.3 is 33.5 Å². The number of esters is 1. The molecule has 0 aliphatic heterocycles. The summed E-state index contributed by atoms with van der Waals surface area (Å²) in [6.45, 7) is 5.94. The fourth-order valence-electron chi connectivity index (χ4n) is 1.82. The Kier molecular flexibility index (Phi) is 13.9. The summed E-state index contributed by atoms with van der Waals surface area (Å²) in [5.41, 5.74) is 0. The van der Waals surface area contributed by atoms with Crippen molar-refractivity contribution in [1.82, 2.24) is 0 Å². The van der Waals surface area contributed by atoms with E-state index in [1.165, 1.54) is 0 Å². The molecule has 1 atom stereocenters. The number of ether oxygens (including phenoxy) is 6. The van der Waals surface area contributed by atoms with Gasteiger partial charge in [-0.05, 0) is 12.1 Å². The van der Waals surface area contributed by atoms with Crippen LogP contribution in [0, 0.1) is 0 Å². The molecule has 1 aromatic rings. The standard InChI is InChI=1S/C19H28O8/c1-2-18(21)26-16-19(27-17-6-4-3-5-7-17)25-15-14-24-13-12-23-11-10-22-9-8-20/h2-7,19-20H,1,8-16H2. The SMILES string of the molecule is C=CC(=O)OCC(OCCOCCOCCOCCO)Oc1ccccc1. The van der Waals surface area contributed by atoms with Crippen molar-refractivity contribution in [3.8, 4) is 5.75 Å². The largest absolute Gasteiger partial charge is 0.461 e. The van der Waals surface area contributed by atoms with Gasteiger partial charge in [-0.2, -0.15) is 0 Å². The lowest BCUT2D eigenvalue weighted by Gasteiger charge is -2.19. The summed E-state index contributed by atoms with van der Waals surface area (Å²) in [6.07, 6.45) is 0.331. The highest BCUT2D eigenvalue weighted by molar-refractivity contribution is 5.81. The van der Waals surface area contributed by atoms with Crippen LogP contribution in [0.25, 0.3) is 0 Å². The van der Waals surface area contributed by atoms with E-state index in [4.69, 9.17) is 33.5 Å². The number of hydrogen-bond donors (Lipinski definition) is 1. The molecule has 0 aliphatic carbocycles. The molecule has 1 N–H and O–H groups in total. The predicted molar refractivity (Wildman–Crippen MR) is 97.5 cm³/mol. The van der Waals surface area contributed by atoms with Gasteiger partial charge in [0.25, 0.3) is 0 Å². The van der Waals surface area contributed by atoms with Crippen molar-refractivity contribution in [2.24, 2.45) is 0 Å². The summed E-state index contributed by atoms with van der Waals surface area (Å²) in [4.78, 5) is 11.2. The first-order valence-corrected chi connectivity index (χ1v) is 8.73. The molecule has 0 spiro atoms. The number of hydrogen-bond acceptors (Lipinski definition) is 8. The minimum atomic E-state index is -0.750. The normalized spacial score (nSPS) is 11.7. The van der Waals surface area contributed by atoms with Gasteiger partial charge in [0.15, 0.2) is 6.61 Å². The van der Waals surface area contributed by atoms with Gasteiger partial charge in [-0.3, -0.25) is 0 Å². The Balaban J connectivity index is 2.15. The van der Waals surface area contributed by atoms with Crippen LogP contribution in [-0.2, 0) is 28.5 Å². The zero-order valence-electron chi connectivity index (χ0n) is 15.4. The Morgan fingerprint density at radius 3 is 2.15 bits per heavy atom. The Labute approximate surface area is 159 Å². The molecule has 0 saturated heterocycles. The summed E-state index contributed by atoms with van der Waals surface area (Å²) >= 11 is 0. The van der Waals surface area contributed by atoms with E-state index in [9.17, 15) is 4.79 Å². The van der Waals surface area contributed by atoms with Crippen molar-refractivity contribution in [2.75, 3.05) is 59.5 Å². The fraction of sp³-hybridized carbons (Fsp3) is 0.526. The van der Waals surface area contributed by atoms with Gasteiger partial charge >= 0.3 is 5.97 Å².